The Kier molecular flexibility index (Phi) is 4.84. The minimum absolute atomic E-state index is 0.290. The summed E-state index contributed by atoms with van der Waals surface area (Å²) < 4.78 is 19.3. The molecule has 0 aliphatic rings. The summed E-state index contributed by atoms with van der Waals surface area (Å²) in [6.07, 6.45) is 0.932. The summed E-state index contributed by atoms with van der Waals surface area (Å²) in [7, 11) is 0. The fourth-order valence-electron chi connectivity index (χ4n) is 1.74. The fraction of sp³-hybridized carbons (Fsp3) is 0.200. The van der Waals surface area contributed by atoms with Gasteiger partial charge in [-0.05, 0) is 46.6 Å². The van der Waals surface area contributed by atoms with Gasteiger partial charge in [0.2, 0.25) is 0 Å². The van der Waals surface area contributed by atoms with Crippen LogP contribution in [0.2, 0.25) is 0 Å². The molecule has 0 amide bonds. The first-order chi connectivity index (χ1) is 9.58. The van der Waals surface area contributed by atoms with Crippen LogP contribution in [0.15, 0.2) is 40.9 Å². The number of halogens is 2. The van der Waals surface area contributed by atoms with E-state index in [-0.39, 0.29) is 5.82 Å². The highest BCUT2D eigenvalue weighted by Crippen LogP contribution is 2.29. The number of nitrogen functional groups attached to an aromatic ring is 1. The number of anilines is 3. The lowest BCUT2D eigenvalue weighted by Gasteiger charge is -2.12. The Morgan fingerprint density at radius 2 is 2.05 bits per heavy atom. The van der Waals surface area contributed by atoms with E-state index in [1.165, 1.54) is 12.1 Å². The predicted octanol–water partition coefficient (Wildman–Crippen LogP) is 4.70. The molecule has 0 heterocycles. The van der Waals surface area contributed by atoms with E-state index in [4.69, 9.17) is 10.5 Å². The average molecular weight is 339 g/mol. The molecule has 0 radical (unpaired) electrons. The number of nitrogens with one attached hydrogen (secondary N) is 1. The van der Waals surface area contributed by atoms with Gasteiger partial charge in [0.15, 0.2) is 0 Å². The Labute approximate surface area is 126 Å². The topological polar surface area (TPSA) is 47.3 Å². The molecule has 106 valence electrons. The molecule has 0 bridgehead atoms. The smallest absolute Gasteiger partial charge is 0.124 e. The van der Waals surface area contributed by atoms with Crippen LogP contribution in [0.4, 0.5) is 21.5 Å². The number of hydrogen-bond donors (Lipinski definition) is 2. The van der Waals surface area contributed by atoms with Crippen molar-refractivity contribution in [2.24, 2.45) is 0 Å². The Bertz CT molecular complexity index is 604. The van der Waals surface area contributed by atoms with Gasteiger partial charge < -0.3 is 15.8 Å². The summed E-state index contributed by atoms with van der Waals surface area (Å²) >= 11 is 3.32. The van der Waals surface area contributed by atoms with Crippen LogP contribution in [0.5, 0.6) is 5.75 Å². The molecule has 2 aromatic rings. The first-order valence-electron chi connectivity index (χ1n) is 6.34. The molecule has 0 fully saturated rings. The van der Waals surface area contributed by atoms with Gasteiger partial charge in [-0.3, -0.25) is 0 Å². The minimum atomic E-state index is -0.290. The van der Waals surface area contributed by atoms with Crippen molar-refractivity contribution < 1.29 is 9.13 Å². The maximum atomic E-state index is 13.1. The van der Waals surface area contributed by atoms with Gasteiger partial charge >= 0.3 is 0 Å². The maximum Gasteiger partial charge on any atom is 0.124 e. The van der Waals surface area contributed by atoms with Gasteiger partial charge in [-0.15, -0.1) is 0 Å². The van der Waals surface area contributed by atoms with Crippen LogP contribution in [-0.2, 0) is 0 Å². The third-order valence-corrected chi connectivity index (χ3v) is 3.27. The lowest BCUT2D eigenvalue weighted by molar-refractivity contribution is 0.318. The molecule has 5 heteroatoms. The largest absolute Gasteiger partial charge is 0.493 e. The average Bonchev–Trinajstić information content (AvgIpc) is 2.39. The second kappa shape index (κ2) is 6.61. The Morgan fingerprint density at radius 1 is 1.25 bits per heavy atom. The summed E-state index contributed by atoms with van der Waals surface area (Å²) in [6, 6.07) is 9.91. The zero-order valence-corrected chi connectivity index (χ0v) is 12.7. The molecule has 0 saturated carbocycles. The highest BCUT2D eigenvalue weighted by molar-refractivity contribution is 9.10. The van der Waals surface area contributed by atoms with Gasteiger partial charge in [0.05, 0.1) is 12.3 Å². The first kappa shape index (κ1) is 14.7. The third kappa shape index (κ3) is 3.87. The quantitative estimate of drug-likeness (QED) is 0.776. The molecule has 0 atom stereocenters. The molecule has 3 nitrogen and oxygen atoms in total. The van der Waals surface area contributed by atoms with Crippen LogP contribution >= 0.6 is 15.9 Å². The first-order valence-corrected chi connectivity index (χ1v) is 7.13. The molecule has 0 aromatic heterocycles. The van der Waals surface area contributed by atoms with E-state index in [0.29, 0.717) is 22.5 Å². The molecular weight excluding hydrogens is 323 g/mol. The summed E-state index contributed by atoms with van der Waals surface area (Å²) in [6.45, 7) is 2.68. The van der Waals surface area contributed by atoms with E-state index in [1.807, 2.05) is 13.0 Å². The fourth-order valence-corrected chi connectivity index (χ4v) is 2.19. The Hall–Kier alpha value is -1.75. The van der Waals surface area contributed by atoms with E-state index in [2.05, 4.69) is 21.2 Å². The van der Waals surface area contributed by atoms with E-state index in [1.54, 1.807) is 18.2 Å². The normalized spacial score (nSPS) is 10.3. The van der Waals surface area contributed by atoms with Crippen molar-refractivity contribution in [3.8, 4) is 5.75 Å². The lowest BCUT2D eigenvalue weighted by Crippen LogP contribution is -1.98. The van der Waals surface area contributed by atoms with E-state index in [9.17, 15) is 4.39 Å². The lowest BCUT2D eigenvalue weighted by atomic mass is 10.2. The summed E-state index contributed by atoms with van der Waals surface area (Å²) in [5.41, 5.74) is 8.02. The van der Waals surface area contributed by atoms with Gasteiger partial charge in [0.1, 0.15) is 11.6 Å². The molecular formula is C15H16BrFN2O. The van der Waals surface area contributed by atoms with Crippen molar-refractivity contribution in [2.75, 3.05) is 17.7 Å². The van der Waals surface area contributed by atoms with Crippen molar-refractivity contribution in [3.63, 3.8) is 0 Å². The molecule has 2 rings (SSSR count). The number of benzene rings is 2. The van der Waals surface area contributed by atoms with Crippen LogP contribution in [0.3, 0.4) is 0 Å². The van der Waals surface area contributed by atoms with Crippen molar-refractivity contribution in [1.82, 2.24) is 0 Å². The standard InChI is InChI=1S/C15H16BrFN2O/c1-2-5-20-13-8-11(18)7-12(9-13)19-15-4-3-10(17)6-14(15)16/h3-4,6-9,19H,2,5,18H2,1H3. The SMILES string of the molecule is CCCOc1cc(N)cc(Nc2ccc(F)cc2Br)c1. The zero-order valence-electron chi connectivity index (χ0n) is 11.1. The van der Waals surface area contributed by atoms with Gasteiger partial charge in [0.25, 0.3) is 0 Å². The van der Waals surface area contributed by atoms with Crippen molar-refractivity contribution in [1.29, 1.82) is 0 Å². The molecule has 0 saturated heterocycles. The summed E-state index contributed by atoms with van der Waals surface area (Å²) in [5, 5.41) is 3.18. The van der Waals surface area contributed by atoms with Crippen molar-refractivity contribution >= 4 is 33.0 Å². The van der Waals surface area contributed by atoms with Gasteiger partial charge in [0, 0.05) is 28.0 Å². The zero-order chi connectivity index (χ0) is 14.5. The molecule has 3 N–H and O–H groups in total. The number of ether oxygens (including phenoxy) is 1. The highest BCUT2D eigenvalue weighted by atomic mass is 79.9. The van der Waals surface area contributed by atoms with Gasteiger partial charge in [-0.1, -0.05) is 6.92 Å². The molecule has 0 spiro atoms. The molecule has 0 aliphatic carbocycles. The Morgan fingerprint density at radius 3 is 2.75 bits per heavy atom. The highest BCUT2D eigenvalue weighted by Gasteiger charge is 2.04. The van der Waals surface area contributed by atoms with Gasteiger partial charge in [-0.25, -0.2) is 4.39 Å². The number of hydrogen-bond acceptors (Lipinski definition) is 3. The van der Waals surface area contributed by atoms with E-state index < -0.39 is 0 Å². The van der Waals surface area contributed by atoms with Crippen LogP contribution in [0.25, 0.3) is 0 Å². The summed E-state index contributed by atoms with van der Waals surface area (Å²) in [5.74, 6) is 0.426. The monoisotopic (exact) mass is 338 g/mol. The van der Waals surface area contributed by atoms with E-state index in [0.717, 1.165) is 17.8 Å². The van der Waals surface area contributed by atoms with Crippen molar-refractivity contribution in [3.05, 3.63) is 46.7 Å². The molecule has 20 heavy (non-hydrogen) atoms. The van der Waals surface area contributed by atoms with Crippen LogP contribution in [0, 0.1) is 5.82 Å². The predicted molar refractivity (Wildman–Crippen MR) is 84.0 cm³/mol. The second-order valence-electron chi connectivity index (χ2n) is 4.39. The Balaban J connectivity index is 2.21. The third-order valence-electron chi connectivity index (χ3n) is 2.61. The van der Waals surface area contributed by atoms with Gasteiger partial charge in [-0.2, -0.15) is 0 Å². The molecule has 2 aromatic carbocycles. The maximum absolute atomic E-state index is 13.1. The summed E-state index contributed by atoms with van der Waals surface area (Å²) in [4.78, 5) is 0. The number of rotatable bonds is 5. The van der Waals surface area contributed by atoms with Crippen LogP contribution in [-0.4, -0.2) is 6.61 Å². The molecule has 0 aliphatic heterocycles. The minimum Gasteiger partial charge on any atom is -0.493 e. The van der Waals surface area contributed by atoms with Crippen LogP contribution < -0.4 is 15.8 Å². The van der Waals surface area contributed by atoms with E-state index >= 15 is 0 Å². The molecule has 0 unspecified atom stereocenters. The number of nitrogens with two attached hydrogens (primary N) is 1. The second-order valence-corrected chi connectivity index (χ2v) is 5.24. The van der Waals surface area contributed by atoms with Crippen molar-refractivity contribution in [2.45, 2.75) is 13.3 Å². The van der Waals surface area contributed by atoms with Crippen LogP contribution in [0.1, 0.15) is 13.3 Å².